The van der Waals surface area contributed by atoms with Gasteiger partial charge in [0.25, 0.3) is 0 Å². The van der Waals surface area contributed by atoms with Crippen LogP contribution in [-0.2, 0) is 0 Å². The number of aromatic nitrogens is 4. The van der Waals surface area contributed by atoms with E-state index in [1.807, 2.05) is 42.6 Å². The highest BCUT2D eigenvalue weighted by Gasteiger charge is 2.09. The van der Waals surface area contributed by atoms with E-state index in [1.54, 1.807) is 24.8 Å². The lowest BCUT2D eigenvalue weighted by molar-refractivity contribution is 1.31. The molecule has 0 fully saturated rings. The lowest BCUT2D eigenvalue weighted by atomic mass is 9.99. The molecule has 5 rings (SSSR count). The molecule has 0 saturated heterocycles. The van der Waals surface area contributed by atoms with E-state index in [0.29, 0.717) is 5.39 Å². The van der Waals surface area contributed by atoms with Gasteiger partial charge in [0, 0.05) is 48.0 Å². The molecule has 0 radical (unpaired) electrons. The smallest absolute Gasteiger partial charge is 0.190 e. The first-order chi connectivity index (χ1) is 13.3. The molecular formula is C22H14N4O. The van der Waals surface area contributed by atoms with Crippen LogP contribution >= 0.6 is 0 Å². The van der Waals surface area contributed by atoms with Crippen molar-refractivity contribution in [3.63, 3.8) is 0 Å². The Bertz CT molecular complexity index is 1340. The maximum atomic E-state index is 11.9. The minimum Gasteiger partial charge on any atom is -0.361 e. The second kappa shape index (κ2) is 6.14. The predicted octanol–water partition coefficient (Wildman–Crippen LogP) is 4.20. The number of fused-ring (bicyclic) bond motifs is 2. The van der Waals surface area contributed by atoms with Crippen LogP contribution in [0.5, 0.6) is 0 Å². The van der Waals surface area contributed by atoms with Gasteiger partial charge in [0.1, 0.15) is 0 Å². The van der Waals surface area contributed by atoms with Crippen molar-refractivity contribution in [2.45, 2.75) is 0 Å². The fourth-order valence-electron chi connectivity index (χ4n) is 3.31. The molecule has 1 aromatic carbocycles. The van der Waals surface area contributed by atoms with Gasteiger partial charge in [-0.25, -0.2) is 0 Å². The van der Waals surface area contributed by atoms with E-state index < -0.39 is 0 Å². The number of nitrogens with zero attached hydrogens (tertiary/aromatic N) is 3. The highest BCUT2D eigenvalue weighted by atomic mass is 16.1. The van der Waals surface area contributed by atoms with E-state index >= 15 is 0 Å². The van der Waals surface area contributed by atoms with Gasteiger partial charge < -0.3 is 4.98 Å². The largest absolute Gasteiger partial charge is 0.361 e. The maximum absolute atomic E-state index is 11.9. The molecule has 0 aliphatic rings. The quantitative estimate of drug-likeness (QED) is 0.518. The molecule has 4 heterocycles. The van der Waals surface area contributed by atoms with E-state index in [0.717, 1.165) is 38.8 Å². The summed E-state index contributed by atoms with van der Waals surface area (Å²) in [6.45, 7) is 0. The molecule has 5 aromatic rings. The predicted molar refractivity (Wildman–Crippen MR) is 106 cm³/mol. The molecule has 0 unspecified atom stereocenters. The van der Waals surface area contributed by atoms with Gasteiger partial charge in [-0.1, -0.05) is 6.07 Å². The van der Waals surface area contributed by atoms with E-state index in [2.05, 4.69) is 26.0 Å². The Balaban J connectivity index is 1.72. The van der Waals surface area contributed by atoms with Crippen LogP contribution in [0.15, 0.2) is 84.3 Å². The first-order valence-corrected chi connectivity index (χ1v) is 8.56. The lowest BCUT2D eigenvalue weighted by Gasteiger charge is -2.09. The van der Waals surface area contributed by atoms with Crippen LogP contribution in [0.4, 0.5) is 0 Å². The molecule has 5 nitrogen and oxygen atoms in total. The average Bonchev–Trinajstić information content (AvgIpc) is 2.73. The summed E-state index contributed by atoms with van der Waals surface area (Å²) in [4.78, 5) is 28.1. The zero-order valence-electron chi connectivity index (χ0n) is 14.3. The number of hydrogen-bond acceptors (Lipinski definition) is 4. The van der Waals surface area contributed by atoms with E-state index in [9.17, 15) is 4.79 Å². The summed E-state index contributed by atoms with van der Waals surface area (Å²) in [5, 5.41) is 1.63. The Kier molecular flexibility index (Phi) is 3.50. The van der Waals surface area contributed by atoms with Crippen molar-refractivity contribution in [2.75, 3.05) is 0 Å². The molecule has 5 heteroatoms. The van der Waals surface area contributed by atoms with Gasteiger partial charge in [0.15, 0.2) is 5.43 Å². The van der Waals surface area contributed by atoms with Crippen LogP contribution in [0.2, 0.25) is 0 Å². The Morgan fingerprint density at radius 1 is 0.778 bits per heavy atom. The number of H-pyrrole nitrogens is 1. The van der Waals surface area contributed by atoms with Gasteiger partial charge in [-0.15, -0.1) is 0 Å². The Morgan fingerprint density at radius 3 is 2.56 bits per heavy atom. The summed E-state index contributed by atoms with van der Waals surface area (Å²) in [5.74, 6) is 0. The second-order valence-electron chi connectivity index (χ2n) is 6.28. The third-order valence-corrected chi connectivity index (χ3v) is 4.67. The molecule has 0 atom stereocenters. The Labute approximate surface area is 154 Å². The third kappa shape index (κ3) is 2.66. The summed E-state index contributed by atoms with van der Waals surface area (Å²) >= 11 is 0. The molecule has 0 aliphatic carbocycles. The zero-order valence-corrected chi connectivity index (χ0v) is 14.3. The number of pyridine rings is 4. The fourth-order valence-corrected chi connectivity index (χ4v) is 3.31. The summed E-state index contributed by atoms with van der Waals surface area (Å²) in [5.41, 5.74) is 5.61. The number of hydrogen-bond donors (Lipinski definition) is 1. The molecule has 0 bridgehead atoms. The molecule has 128 valence electrons. The SMILES string of the molecule is O=c1cc[nH]c2cc(-c3ccc4nccc(-c5ccncc5)c4c3)ncc12. The number of aromatic amines is 1. The second-order valence-corrected chi connectivity index (χ2v) is 6.28. The van der Waals surface area contributed by atoms with Crippen molar-refractivity contribution in [2.24, 2.45) is 0 Å². The van der Waals surface area contributed by atoms with Crippen molar-refractivity contribution >= 4 is 21.8 Å². The molecule has 27 heavy (non-hydrogen) atoms. The lowest BCUT2D eigenvalue weighted by Crippen LogP contribution is -2.00. The van der Waals surface area contributed by atoms with Gasteiger partial charge in [0.2, 0.25) is 0 Å². The van der Waals surface area contributed by atoms with Crippen molar-refractivity contribution in [1.82, 2.24) is 19.9 Å². The van der Waals surface area contributed by atoms with Gasteiger partial charge in [-0.05, 0) is 47.5 Å². The van der Waals surface area contributed by atoms with Crippen LogP contribution < -0.4 is 5.43 Å². The van der Waals surface area contributed by atoms with Crippen molar-refractivity contribution in [3.05, 3.63) is 89.7 Å². The first kappa shape index (κ1) is 15.4. The van der Waals surface area contributed by atoms with E-state index in [4.69, 9.17) is 0 Å². The van der Waals surface area contributed by atoms with Gasteiger partial charge in [-0.3, -0.25) is 19.7 Å². The zero-order chi connectivity index (χ0) is 18.2. The normalized spacial score (nSPS) is 11.1. The van der Waals surface area contributed by atoms with Crippen LogP contribution in [0.1, 0.15) is 0 Å². The minimum atomic E-state index is -0.0366. The van der Waals surface area contributed by atoms with Crippen LogP contribution in [-0.4, -0.2) is 19.9 Å². The highest BCUT2D eigenvalue weighted by Crippen LogP contribution is 2.30. The Hall–Kier alpha value is -3.86. The standard InChI is InChI=1S/C22H14N4O/c27-22-6-10-25-21-12-20(26-13-18(21)22)15-1-2-19-17(11-15)16(5-9-24-19)14-3-7-23-8-4-14/h1-13H,(H,25,27). The Morgan fingerprint density at radius 2 is 1.67 bits per heavy atom. The average molecular weight is 350 g/mol. The monoisotopic (exact) mass is 350 g/mol. The van der Waals surface area contributed by atoms with Crippen LogP contribution in [0, 0.1) is 0 Å². The number of rotatable bonds is 2. The third-order valence-electron chi connectivity index (χ3n) is 4.67. The maximum Gasteiger partial charge on any atom is 0.190 e. The van der Waals surface area contributed by atoms with Gasteiger partial charge >= 0.3 is 0 Å². The summed E-state index contributed by atoms with van der Waals surface area (Å²) in [6, 6.07) is 15.5. The molecule has 0 amide bonds. The van der Waals surface area contributed by atoms with Crippen molar-refractivity contribution in [1.29, 1.82) is 0 Å². The topological polar surface area (TPSA) is 71.5 Å². The molecule has 0 aliphatic heterocycles. The molecule has 0 spiro atoms. The summed E-state index contributed by atoms with van der Waals surface area (Å²) in [6.07, 6.45) is 8.66. The summed E-state index contributed by atoms with van der Waals surface area (Å²) in [7, 11) is 0. The highest BCUT2D eigenvalue weighted by molar-refractivity contribution is 5.97. The minimum absolute atomic E-state index is 0.0366. The fraction of sp³-hybridized carbons (Fsp3) is 0. The summed E-state index contributed by atoms with van der Waals surface area (Å²) < 4.78 is 0. The molecular weight excluding hydrogens is 336 g/mol. The van der Waals surface area contributed by atoms with E-state index in [1.165, 1.54) is 6.07 Å². The van der Waals surface area contributed by atoms with Crippen LogP contribution in [0.25, 0.3) is 44.2 Å². The molecule has 1 N–H and O–H groups in total. The first-order valence-electron chi connectivity index (χ1n) is 8.56. The van der Waals surface area contributed by atoms with Gasteiger partial charge in [0.05, 0.1) is 22.1 Å². The van der Waals surface area contributed by atoms with Crippen LogP contribution in [0.3, 0.4) is 0 Å². The molecule has 4 aromatic heterocycles. The van der Waals surface area contributed by atoms with E-state index in [-0.39, 0.29) is 5.43 Å². The number of nitrogens with one attached hydrogen (secondary N) is 1. The van der Waals surface area contributed by atoms with Crippen molar-refractivity contribution in [3.8, 4) is 22.4 Å². The molecule has 0 saturated carbocycles. The van der Waals surface area contributed by atoms with Gasteiger partial charge in [-0.2, -0.15) is 0 Å². The van der Waals surface area contributed by atoms with Crippen molar-refractivity contribution < 1.29 is 0 Å². The number of benzene rings is 1.